The van der Waals surface area contributed by atoms with Crippen LogP contribution in [0.25, 0.3) is 0 Å². The Labute approximate surface area is 85.2 Å². The van der Waals surface area contributed by atoms with Gasteiger partial charge in [0, 0.05) is 19.1 Å². The van der Waals surface area contributed by atoms with Gasteiger partial charge in [0.05, 0.1) is 0 Å². The van der Waals surface area contributed by atoms with E-state index < -0.39 is 18.9 Å². The number of nitrogens with zero attached hydrogens (tertiary/aromatic N) is 1. The molecular formula is C8H13F3N2O2. The summed E-state index contributed by atoms with van der Waals surface area (Å²) in [5.41, 5.74) is 5.37. The molecule has 1 heterocycles. The van der Waals surface area contributed by atoms with Crippen molar-refractivity contribution in [2.24, 2.45) is 5.73 Å². The number of ether oxygens (including phenoxy) is 1. The third-order valence-corrected chi connectivity index (χ3v) is 2.24. The van der Waals surface area contributed by atoms with Gasteiger partial charge in [-0.25, -0.2) is 4.79 Å². The molecule has 1 aliphatic rings. The number of hydrogen-bond donors (Lipinski definition) is 1. The number of nitrogens with two attached hydrogens (primary N) is 1. The number of hydrogen-bond acceptors (Lipinski definition) is 3. The summed E-state index contributed by atoms with van der Waals surface area (Å²) in [5.74, 6) is 0. The highest BCUT2D eigenvalue weighted by Crippen LogP contribution is 2.19. The van der Waals surface area contributed by atoms with Gasteiger partial charge in [-0.3, -0.25) is 0 Å². The monoisotopic (exact) mass is 226 g/mol. The number of carbonyl (C=O) groups is 1. The molecule has 0 aliphatic carbocycles. The summed E-state index contributed by atoms with van der Waals surface area (Å²) in [6, 6.07) is -0.189. The molecule has 15 heavy (non-hydrogen) atoms. The second-order valence-corrected chi connectivity index (χ2v) is 3.39. The van der Waals surface area contributed by atoms with Crippen molar-refractivity contribution < 1.29 is 22.7 Å². The van der Waals surface area contributed by atoms with Crippen molar-refractivity contribution in [3.8, 4) is 0 Å². The zero-order chi connectivity index (χ0) is 11.5. The van der Waals surface area contributed by atoms with Crippen molar-refractivity contribution in [3.63, 3.8) is 0 Å². The molecule has 88 valence electrons. The Morgan fingerprint density at radius 2 is 2.20 bits per heavy atom. The third-order valence-electron chi connectivity index (χ3n) is 2.24. The van der Waals surface area contributed by atoms with E-state index in [1.54, 1.807) is 0 Å². The van der Waals surface area contributed by atoms with Crippen LogP contribution in [0.15, 0.2) is 0 Å². The Hall–Kier alpha value is -0.980. The minimum absolute atomic E-state index is 0.189. The minimum Gasteiger partial charge on any atom is -0.440 e. The van der Waals surface area contributed by atoms with Gasteiger partial charge < -0.3 is 15.4 Å². The van der Waals surface area contributed by atoms with E-state index in [4.69, 9.17) is 5.73 Å². The van der Waals surface area contributed by atoms with Crippen LogP contribution in [0.3, 0.4) is 0 Å². The summed E-state index contributed by atoms with van der Waals surface area (Å²) in [6.07, 6.45) is -3.94. The first kappa shape index (κ1) is 12.1. The number of likely N-dealkylation sites (tertiary alicyclic amines) is 1. The van der Waals surface area contributed by atoms with Crippen LogP contribution in [0.2, 0.25) is 0 Å². The fourth-order valence-corrected chi connectivity index (χ4v) is 1.55. The van der Waals surface area contributed by atoms with Crippen molar-refractivity contribution in [2.45, 2.75) is 25.1 Å². The molecule has 7 heteroatoms. The molecule has 0 spiro atoms. The highest BCUT2D eigenvalue weighted by atomic mass is 19.4. The Morgan fingerprint density at radius 3 is 2.73 bits per heavy atom. The molecule has 0 radical (unpaired) electrons. The number of alkyl halides is 3. The molecular weight excluding hydrogens is 213 g/mol. The molecule has 1 unspecified atom stereocenters. The fourth-order valence-electron chi connectivity index (χ4n) is 1.55. The van der Waals surface area contributed by atoms with Gasteiger partial charge in [0.2, 0.25) is 0 Å². The van der Waals surface area contributed by atoms with Gasteiger partial charge in [-0.1, -0.05) is 0 Å². The molecule has 0 aromatic carbocycles. The summed E-state index contributed by atoms with van der Waals surface area (Å²) >= 11 is 0. The van der Waals surface area contributed by atoms with Gasteiger partial charge in [0.1, 0.15) is 0 Å². The Kier molecular flexibility index (Phi) is 3.78. The summed E-state index contributed by atoms with van der Waals surface area (Å²) in [7, 11) is 0. The van der Waals surface area contributed by atoms with Crippen molar-refractivity contribution in [1.82, 2.24) is 4.90 Å². The molecule has 0 bridgehead atoms. The number of amides is 1. The lowest BCUT2D eigenvalue weighted by Crippen LogP contribution is -2.41. The van der Waals surface area contributed by atoms with Crippen LogP contribution in [0.5, 0.6) is 0 Å². The highest BCUT2D eigenvalue weighted by molar-refractivity contribution is 5.68. The van der Waals surface area contributed by atoms with Gasteiger partial charge in [0.15, 0.2) is 6.61 Å². The predicted octanol–water partition coefficient (Wildman–Crippen LogP) is 1.11. The molecule has 0 aromatic heterocycles. The first-order chi connectivity index (χ1) is 6.94. The zero-order valence-corrected chi connectivity index (χ0v) is 8.09. The maximum atomic E-state index is 11.8. The van der Waals surface area contributed by atoms with E-state index in [1.807, 2.05) is 0 Å². The Bertz CT molecular complexity index is 232. The van der Waals surface area contributed by atoms with Gasteiger partial charge in [-0.05, 0) is 12.8 Å². The smallest absolute Gasteiger partial charge is 0.422 e. The van der Waals surface area contributed by atoms with Crippen molar-refractivity contribution >= 4 is 6.09 Å². The average Bonchev–Trinajstić information content (AvgIpc) is 2.60. The topological polar surface area (TPSA) is 55.6 Å². The van der Waals surface area contributed by atoms with Crippen LogP contribution in [0.4, 0.5) is 18.0 Å². The summed E-state index contributed by atoms with van der Waals surface area (Å²) in [5, 5.41) is 0. The summed E-state index contributed by atoms with van der Waals surface area (Å²) in [4.78, 5) is 12.5. The minimum atomic E-state index is -4.48. The normalized spacial score (nSPS) is 21.9. The number of halogens is 3. The van der Waals surface area contributed by atoms with Gasteiger partial charge in [-0.2, -0.15) is 13.2 Å². The van der Waals surface area contributed by atoms with Crippen LogP contribution in [0, 0.1) is 0 Å². The third kappa shape index (κ3) is 3.58. The lowest BCUT2D eigenvalue weighted by molar-refractivity contribution is -0.162. The standard InChI is InChI=1S/C8H13F3N2O2/c9-8(10,11)5-15-7(14)13-3-1-2-6(13)4-12/h6H,1-5,12H2. The van der Waals surface area contributed by atoms with Gasteiger partial charge >= 0.3 is 12.3 Å². The Balaban J connectivity index is 2.40. The van der Waals surface area contributed by atoms with Crippen LogP contribution in [0.1, 0.15) is 12.8 Å². The zero-order valence-electron chi connectivity index (χ0n) is 8.09. The van der Waals surface area contributed by atoms with Crippen LogP contribution in [-0.2, 0) is 4.74 Å². The van der Waals surface area contributed by atoms with E-state index in [0.717, 1.165) is 12.8 Å². The first-order valence-corrected chi connectivity index (χ1v) is 4.64. The molecule has 1 amide bonds. The maximum Gasteiger partial charge on any atom is 0.422 e. The van der Waals surface area contributed by atoms with E-state index in [9.17, 15) is 18.0 Å². The maximum absolute atomic E-state index is 11.8. The lowest BCUT2D eigenvalue weighted by Gasteiger charge is -2.22. The fraction of sp³-hybridized carbons (Fsp3) is 0.875. The molecule has 1 saturated heterocycles. The van der Waals surface area contributed by atoms with E-state index >= 15 is 0 Å². The van der Waals surface area contributed by atoms with Crippen LogP contribution >= 0.6 is 0 Å². The molecule has 4 nitrogen and oxygen atoms in total. The van der Waals surface area contributed by atoms with Gasteiger partial charge in [0.25, 0.3) is 0 Å². The van der Waals surface area contributed by atoms with Gasteiger partial charge in [-0.15, -0.1) is 0 Å². The number of rotatable bonds is 2. The van der Waals surface area contributed by atoms with E-state index in [-0.39, 0.29) is 12.6 Å². The quantitative estimate of drug-likeness (QED) is 0.767. The number of carbonyl (C=O) groups excluding carboxylic acids is 1. The van der Waals surface area contributed by atoms with Crippen molar-refractivity contribution in [3.05, 3.63) is 0 Å². The van der Waals surface area contributed by atoms with Crippen LogP contribution in [-0.4, -0.2) is 42.9 Å². The molecule has 1 fully saturated rings. The second-order valence-electron chi connectivity index (χ2n) is 3.39. The Morgan fingerprint density at radius 1 is 1.53 bits per heavy atom. The predicted molar refractivity (Wildman–Crippen MR) is 46.2 cm³/mol. The second kappa shape index (κ2) is 4.69. The first-order valence-electron chi connectivity index (χ1n) is 4.64. The van der Waals surface area contributed by atoms with E-state index in [1.165, 1.54) is 4.90 Å². The average molecular weight is 226 g/mol. The highest BCUT2D eigenvalue weighted by Gasteiger charge is 2.33. The largest absolute Gasteiger partial charge is 0.440 e. The van der Waals surface area contributed by atoms with E-state index in [2.05, 4.69) is 4.74 Å². The molecule has 0 aromatic rings. The molecule has 2 N–H and O–H groups in total. The van der Waals surface area contributed by atoms with Crippen LogP contribution < -0.4 is 5.73 Å². The molecule has 1 rings (SSSR count). The lowest BCUT2D eigenvalue weighted by atomic mass is 10.2. The van der Waals surface area contributed by atoms with Crippen molar-refractivity contribution in [2.75, 3.05) is 19.7 Å². The molecule has 1 aliphatic heterocycles. The summed E-state index contributed by atoms with van der Waals surface area (Å²) in [6.45, 7) is -0.876. The molecule has 1 atom stereocenters. The summed E-state index contributed by atoms with van der Waals surface area (Å²) < 4.78 is 39.4. The molecule has 0 saturated carbocycles. The van der Waals surface area contributed by atoms with E-state index in [0.29, 0.717) is 6.54 Å². The SMILES string of the molecule is NCC1CCCN1C(=O)OCC(F)(F)F. The van der Waals surface area contributed by atoms with Crippen molar-refractivity contribution in [1.29, 1.82) is 0 Å².